The molecule has 2 heterocycles. The first-order valence-electron chi connectivity index (χ1n) is 6.91. The summed E-state index contributed by atoms with van der Waals surface area (Å²) in [5.74, 6) is 0.523. The number of benzene rings is 1. The van der Waals surface area contributed by atoms with Crippen LogP contribution in [-0.2, 0) is 5.60 Å². The van der Waals surface area contributed by atoms with Crippen molar-refractivity contribution in [1.82, 2.24) is 10.3 Å². The maximum absolute atomic E-state index is 11.4. The van der Waals surface area contributed by atoms with Gasteiger partial charge in [-0.2, -0.15) is 0 Å². The van der Waals surface area contributed by atoms with Gasteiger partial charge in [-0.1, -0.05) is 48.0 Å². The minimum absolute atomic E-state index is 0.346. The Labute approximate surface area is 128 Å². The summed E-state index contributed by atoms with van der Waals surface area (Å²) in [5.41, 5.74) is -0.227. The fraction of sp³-hybridized carbons (Fsp3) is 0.250. The van der Waals surface area contributed by atoms with E-state index >= 15 is 0 Å². The molecule has 0 saturated heterocycles. The van der Waals surface area contributed by atoms with Crippen LogP contribution in [0.4, 0.5) is 0 Å². The van der Waals surface area contributed by atoms with Gasteiger partial charge < -0.3 is 10.4 Å². The van der Waals surface area contributed by atoms with Crippen molar-refractivity contribution in [3.63, 3.8) is 0 Å². The Morgan fingerprint density at radius 1 is 1.10 bits per heavy atom. The van der Waals surface area contributed by atoms with Crippen molar-refractivity contribution in [2.75, 3.05) is 13.1 Å². The number of aliphatic hydroxyl groups is 1. The molecule has 0 bridgehead atoms. The van der Waals surface area contributed by atoms with Gasteiger partial charge in [0.2, 0.25) is 0 Å². The van der Waals surface area contributed by atoms with Crippen LogP contribution in [0.15, 0.2) is 53.5 Å². The zero-order valence-electron chi connectivity index (χ0n) is 11.5. The lowest BCUT2D eigenvalue weighted by Gasteiger charge is -2.32. The highest BCUT2D eigenvalue weighted by atomic mass is 35.5. The molecule has 0 fully saturated rings. The molecule has 2 aromatic rings. The van der Waals surface area contributed by atoms with Crippen LogP contribution < -0.4 is 5.32 Å². The monoisotopic (exact) mass is 301 g/mol. The van der Waals surface area contributed by atoms with Gasteiger partial charge in [0.15, 0.2) is 5.60 Å². The number of halogens is 1. The molecule has 1 aromatic heterocycles. The van der Waals surface area contributed by atoms with Crippen molar-refractivity contribution in [2.45, 2.75) is 12.0 Å². The fourth-order valence-corrected chi connectivity index (χ4v) is 2.63. The number of nitrogens with zero attached hydrogens (tertiary/aromatic N) is 2. The molecule has 2 N–H and O–H groups in total. The van der Waals surface area contributed by atoms with E-state index in [1.54, 1.807) is 18.2 Å². The van der Waals surface area contributed by atoms with Crippen molar-refractivity contribution >= 4 is 17.4 Å². The number of nitrogens with one attached hydrogen (secondary N) is 1. The lowest BCUT2D eigenvalue weighted by molar-refractivity contribution is 0.145. The van der Waals surface area contributed by atoms with E-state index in [9.17, 15) is 5.11 Å². The van der Waals surface area contributed by atoms with Gasteiger partial charge in [0.1, 0.15) is 11.0 Å². The maximum Gasteiger partial charge on any atom is 0.189 e. The summed E-state index contributed by atoms with van der Waals surface area (Å²) in [6.07, 6.45) is 0.956. The van der Waals surface area contributed by atoms with Crippen LogP contribution in [0.2, 0.25) is 5.15 Å². The molecule has 5 heteroatoms. The second-order valence-corrected chi connectivity index (χ2v) is 5.32. The normalized spacial score (nSPS) is 17.5. The Hall–Kier alpha value is -1.91. The molecule has 0 aliphatic carbocycles. The van der Waals surface area contributed by atoms with Crippen molar-refractivity contribution in [3.05, 3.63) is 64.9 Å². The molecule has 0 radical (unpaired) electrons. The molecule has 1 aliphatic rings. The number of hydrogen-bond acceptors (Lipinski definition) is 4. The van der Waals surface area contributed by atoms with Crippen LogP contribution in [0.1, 0.15) is 17.7 Å². The van der Waals surface area contributed by atoms with Crippen LogP contribution in [0.25, 0.3) is 0 Å². The number of amidine groups is 1. The Kier molecular flexibility index (Phi) is 3.90. The Morgan fingerprint density at radius 2 is 1.90 bits per heavy atom. The van der Waals surface area contributed by atoms with Crippen LogP contribution in [-0.4, -0.2) is 29.0 Å². The molecule has 0 amide bonds. The third-order valence-corrected chi connectivity index (χ3v) is 3.73. The molecule has 3 rings (SSSR count). The standard InChI is InChI=1S/C16H16ClN3O/c17-14-9-4-8-13(20-14)16(21,12-6-2-1-3-7-12)15-18-10-5-11-19-15/h1-4,6-9,21H,5,10-11H2,(H,18,19). The predicted molar refractivity (Wildman–Crippen MR) is 83.6 cm³/mol. The molecule has 1 aromatic carbocycles. The van der Waals surface area contributed by atoms with E-state index in [1.807, 2.05) is 30.3 Å². The molecule has 0 spiro atoms. The molecule has 108 valence electrons. The number of rotatable bonds is 3. The largest absolute Gasteiger partial charge is 0.372 e. The molecule has 1 unspecified atom stereocenters. The van der Waals surface area contributed by atoms with Crippen LogP contribution >= 0.6 is 11.6 Å². The summed E-state index contributed by atoms with van der Waals surface area (Å²) in [7, 11) is 0. The minimum atomic E-state index is -1.41. The summed E-state index contributed by atoms with van der Waals surface area (Å²) in [6.45, 7) is 1.48. The second kappa shape index (κ2) is 5.84. The van der Waals surface area contributed by atoms with E-state index in [1.165, 1.54) is 0 Å². The van der Waals surface area contributed by atoms with E-state index in [0.29, 0.717) is 28.8 Å². The smallest absolute Gasteiger partial charge is 0.189 e. The second-order valence-electron chi connectivity index (χ2n) is 4.93. The number of aliphatic imine (C=N–C) groups is 1. The van der Waals surface area contributed by atoms with E-state index < -0.39 is 5.60 Å². The molecule has 1 aliphatic heterocycles. The summed E-state index contributed by atoms with van der Waals surface area (Å²) in [4.78, 5) is 8.75. The zero-order chi connectivity index (χ0) is 14.7. The van der Waals surface area contributed by atoms with E-state index in [-0.39, 0.29) is 0 Å². The van der Waals surface area contributed by atoms with Crippen molar-refractivity contribution in [2.24, 2.45) is 4.99 Å². The average molecular weight is 302 g/mol. The molecule has 21 heavy (non-hydrogen) atoms. The Morgan fingerprint density at radius 3 is 2.57 bits per heavy atom. The summed E-state index contributed by atoms with van der Waals surface area (Å²) < 4.78 is 0. The quantitative estimate of drug-likeness (QED) is 0.856. The summed E-state index contributed by atoms with van der Waals surface area (Å²) in [6, 6.07) is 14.6. The molecule has 0 saturated carbocycles. The van der Waals surface area contributed by atoms with Crippen LogP contribution in [0.3, 0.4) is 0 Å². The molecule has 1 atom stereocenters. The van der Waals surface area contributed by atoms with Gasteiger partial charge in [0.05, 0.1) is 5.69 Å². The molecular weight excluding hydrogens is 286 g/mol. The van der Waals surface area contributed by atoms with Crippen molar-refractivity contribution in [1.29, 1.82) is 0 Å². The average Bonchev–Trinajstić information content (AvgIpc) is 2.56. The summed E-state index contributed by atoms with van der Waals surface area (Å²) >= 11 is 5.99. The first-order chi connectivity index (χ1) is 10.2. The van der Waals surface area contributed by atoms with Gasteiger partial charge in [-0.05, 0) is 24.1 Å². The Balaban J connectivity index is 2.17. The van der Waals surface area contributed by atoms with Crippen LogP contribution in [0.5, 0.6) is 0 Å². The van der Waals surface area contributed by atoms with E-state index in [0.717, 1.165) is 13.0 Å². The lowest BCUT2D eigenvalue weighted by Crippen LogP contribution is -2.48. The molecular formula is C16H16ClN3O. The minimum Gasteiger partial charge on any atom is -0.372 e. The van der Waals surface area contributed by atoms with Gasteiger partial charge in [0.25, 0.3) is 0 Å². The van der Waals surface area contributed by atoms with Gasteiger partial charge in [-0.25, -0.2) is 4.98 Å². The molecule has 4 nitrogen and oxygen atoms in total. The van der Waals surface area contributed by atoms with Gasteiger partial charge in [-0.3, -0.25) is 4.99 Å². The first-order valence-corrected chi connectivity index (χ1v) is 7.29. The first kappa shape index (κ1) is 14.0. The predicted octanol–water partition coefficient (Wildman–Crippen LogP) is 2.36. The third kappa shape index (κ3) is 2.64. The summed E-state index contributed by atoms with van der Waals surface area (Å²) in [5, 5.41) is 14.9. The zero-order valence-corrected chi connectivity index (χ0v) is 12.2. The van der Waals surface area contributed by atoms with Gasteiger partial charge in [-0.15, -0.1) is 0 Å². The van der Waals surface area contributed by atoms with Gasteiger partial charge >= 0.3 is 0 Å². The van der Waals surface area contributed by atoms with Crippen molar-refractivity contribution in [3.8, 4) is 0 Å². The van der Waals surface area contributed by atoms with E-state index in [2.05, 4.69) is 15.3 Å². The highest BCUT2D eigenvalue weighted by Crippen LogP contribution is 2.30. The Bertz CT molecular complexity index is 660. The van der Waals surface area contributed by atoms with E-state index in [4.69, 9.17) is 11.6 Å². The number of pyridine rings is 1. The van der Waals surface area contributed by atoms with Crippen LogP contribution in [0, 0.1) is 0 Å². The number of hydrogen-bond donors (Lipinski definition) is 2. The van der Waals surface area contributed by atoms with Gasteiger partial charge in [0, 0.05) is 13.1 Å². The highest BCUT2D eigenvalue weighted by molar-refractivity contribution is 6.29. The van der Waals surface area contributed by atoms with Crippen molar-refractivity contribution < 1.29 is 5.11 Å². The number of aromatic nitrogens is 1. The maximum atomic E-state index is 11.4. The fourth-order valence-electron chi connectivity index (χ4n) is 2.47. The lowest BCUT2D eigenvalue weighted by atomic mass is 9.88. The topological polar surface area (TPSA) is 57.5 Å². The third-order valence-electron chi connectivity index (χ3n) is 3.52. The SMILES string of the molecule is OC(C1=NCCCN1)(c1ccccc1)c1cccc(Cl)n1. The highest BCUT2D eigenvalue weighted by Gasteiger charge is 2.39.